The Hall–Kier alpha value is -2.30. The van der Waals surface area contributed by atoms with Crippen molar-refractivity contribution >= 4 is 5.91 Å². The third kappa shape index (κ3) is 11.0. The van der Waals surface area contributed by atoms with Gasteiger partial charge < -0.3 is 14.8 Å². The lowest BCUT2D eigenvalue weighted by Gasteiger charge is -2.04. The molecule has 0 aliphatic rings. The molecule has 0 aromatic heterocycles. The maximum Gasteiger partial charge on any atom is 0.257 e. The van der Waals surface area contributed by atoms with Crippen molar-refractivity contribution in [3.05, 3.63) is 60.4 Å². The van der Waals surface area contributed by atoms with Gasteiger partial charge in [-0.3, -0.25) is 4.79 Å². The lowest BCUT2D eigenvalue weighted by molar-refractivity contribution is -0.123. The molecule has 0 saturated carbocycles. The van der Waals surface area contributed by atoms with Gasteiger partial charge in [-0.1, -0.05) is 19.6 Å². The van der Waals surface area contributed by atoms with Crippen molar-refractivity contribution in [1.82, 2.24) is 5.32 Å². The van der Waals surface area contributed by atoms with Crippen LogP contribution >= 0.6 is 0 Å². The number of carbonyl (C=O) groups excluding carboxylic acids is 1. The number of nitrogens with one attached hydrogen (secondary N) is 1. The van der Waals surface area contributed by atoms with Gasteiger partial charge >= 0.3 is 0 Å². The second-order valence-corrected chi connectivity index (χ2v) is 4.53. The highest BCUT2D eigenvalue weighted by atomic mass is 19.1. The van der Waals surface area contributed by atoms with E-state index < -0.39 is 5.83 Å². The molecule has 0 fully saturated rings. The van der Waals surface area contributed by atoms with Gasteiger partial charge in [0.05, 0.1) is 13.4 Å². The van der Waals surface area contributed by atoms with Crippen LogP contribution in [0.5, 0.6) is 0 Å². The van der Waals surface area contributed by atoms with Crippen LogP contribution in [-0.4, -0.2) is 26.2 Å². The van der Waals surface area contributed by atoms with Crippen LogP contribution in [-0.2, 0) is 14.3 Å². The zero-order valence-electron chi connectivity index (χ0n) is 14.1. The van der Waals surface area contributed by atoms with Crippen molar-refractivity contribution in [2.75, 3.05) is 20.3 Å². The summed E-state index contributed by atoms with van der Waals surface area (Å²) >= 11 is 0. The average molecular weight is 323 g/mol. The highest BCUT2D eigenvalue weighted by molar-refractivity contribution is 5.77. The van der Waals surface area contributed by atoms with Crippen LogP contribution in [0.2, 0.25) is 0 Å². The molecule has 1 N–H and O–H groups in total. The zero-order chi connectivity index (χ0) is 17.5. The Morgan fingerprint density at radius 1 is 1.39 bits per heavy atom. The Kier molecular flexibility index (Phi) is 12.0. The van der Waals surface area contributed by atoms with Crippen molar-refractivity contribution in [2.24, 2.45) is 0 Å². The van der Waals surface area contributed by atoms with Gasteiger partial charge in [0.15, 0.2) is 6.61 Å². The predicted octanol–water partition coefficient (Wildman–Crippen LogP) is 3.95. The highest BCUT2D eigenvalue weighted by Gasteiger charge is 2.00. The first-order valence-corrected chi connectivity index (χ1v) is 7.51. The summed E-state index contributed by atoms with van der Waals surface area (Å²) < 4.78 is 23.3. The Bertz CT molecular complexity index is 490. The Morgan fingerprint density at radius 3 is 2.70 bits per heavy atom. The number of ether oxygens (including phenoxy) is 2. The molecule has 5 heteroatoms. The van der Waals surface area contributed by atoms with Crippen molar-refractivity contribution < 1.29 is 18.7 Å². The Labute approximate surface area is 138 Å². The van der Waals surface area contributed by atoms with Crippen molar-refractivity contribution in [3.8, 4) is 0 Å². The first-order chi connectivity index (χ1) is 11.1. The van der Waals surface area contributed by atoms with Crippen molar-refractivity contribution in [3.63, 3.8) is 0 Å². The molecule has 0 saturated heterocycles. The molecule has 0 atom stereocenters. The van der Waals surface area contributed by atoms with E-state index in [-0.39, 0.29) is 12.5 Å². The van der Waals surface area contributed by atoms with Gasteiger partial charge in [-0.25, -0.2) is 4.39 Å². The number of allylic oxidation sites excluding steroid dienone is 6. The maximum absolute atomic E-state index is 13.1. The highest BCUT2D eigenvalue weighted by Crippen LogP contribution is 2.08. The van der Waals surface area contributed by atoms with Gasteiger partial charge in [0, 0.05) is 6.54 Å². The molecule has 1 amide bonds. The fourth-order valence-corrected chi connectivity index (χ4v) is 1.51. The van der Waals surface area contributed by atoms with Crippen LogP contribution in [0.15, 0.2) is 60.4 Å². The second kappa shape index (κ2) is 13.4. The Balaban J connectivity index is 4.06. The molecule has 0 bridgehead atoms. The smallest absolute Gasteiger partial charge is 0.257 e. The molecule has 128 valence electrons. The van der Waals surface area contributed by atoms with E-state index in [0.717, 1.165) is 11.8 Å². The number of carbonyl (C=O) groups is 1. The van der Waals surface area contributed by atoms with E-state index in [4.69, 9.17) is 9.47 Å². The molecular formula is C18H26FNO3. The van der Waals surface area contributed by atoms with E-state index >= 15 is 0 Å². The van der Waals surface area contributed by atoms with E-state index in [1.165, 1.54) is 12.3 Å². The molecule has 0 aliphatic heterocycles. The maximum atomic E-state index is 13.1. The van der Waals surface area contributed by atoms with Gasteiger partial charge in [-0.05, 0) is 49.6 Å². The molecule has 0 radical (unpaired) electrons. The number of amides is 1. The molecule has 0 aromatic carbocycles. The van der Waals surface area contributed by atoms with Crippen LogP contribution < -0.4 is 5.32 Å². The predicted molar refractivity (Wildman–Crippen MR) is 91.2 cm³/mol. The monoisotopic (exact) mass is 323 g/mol. The largest absolute Gasteiger partial charge is 0.497 e. The molecular weight excluding hydrogens is 297 g/mol. The van der Waals surface area contributed by atoms with Gasteiger partial charge in [-0.15, -0.1) is 0 Å². The molecule has 0 heterocycles. The summed E-state index contributed by atoms with van der Waals surface area (Å²) in [5, 5.41) is 2.73. The minimum absolute atomic E-state index is 0.102. The summed E-state index contributed by atoms with van der Waals surface area (Å²) in [6.07, 6.45) is 10.7. The molecule has 0 spiro atoms. The summed E-state index contributed by atoms with van der Waals surface area (Å²) in [5.41, 5.74) is 0.650. The van der Waals surface area contributed by atoms with Crippen LogP contribution in [0, 0.1) is 0 Å². The third-order valence-corrected chi connectivity index (χ3v) is 2.81. The average Bonchev–Trinajstić information content (AvgIpc) is 2.56. The number of methoxy groups -OCH3 is 1. The zero-order valence-corrected chi connectivity index (χ0v) is 14.1. The van der Waals surface area contributed by atoms with Crippen LogP contribution in [0.4, 0.5) is 4.39 Å². The molecule has 0 rings (SSSR count). The fourth-order valence-electron chi connectivity index (χ4n) is 1.51. The summed E-state index contributed by atoms with van der Waals surface area (Å²) in [6, 6.07) is 0. The minimum atomic E-state index is -0.436. The molecule has 0 aliphatic carbocycles. The number of rotatable bonds is 11. The quantitative estimate of drug-likeness (QED) is 0.356. The minimum Gasteiger partial charge on any atom is -0.497 e. The number of hydrogen-bond donors (Lipinski definition) is 1. The van der Waals surface area contributed by atoms with E-state index in [0.29, 0.717) is 25.0 Å². The van der Waals surface area contributed by atoms with Gasteiger partial charge in [0.1, 0.15) is 11.6 Å². The molecule has 23 heavy (non-hydrogen) atoms. The molecule has 0 aromatic rings. The Morgan fingerprint density at radius 2 is 2.13 bits per heavy atom. The number of halogens is 1. The van der Waals surface area contributed by atoms with Crippen LogP contribution in [0.25, 0.3) is 0 Å². The summed E-state index contributed by atoms with van der Waals surface area (Å²) in [4.78, 5) is 11.6. The van der Waals surface area contributed by atoms with E-state index in [1.54, 1.807) is 7.11 Å². The fraction of sp³-hybridized carbons (Fsp3) is 0.389. The number of hydrogen-bond acceptors (Lipinski definition) is 3. The SMILES string of the molecule is C=C/C(F)=C\C(=C\OCC(=O)NCC/C=C\C(=C/C)OC)CC. The molecule has 4 nitrogen and oxygen atoms in total. The van der Waals surface area contributed by atoms with E-state index in [2.05, 4.69) is 11.9 Å². The summed E-state index contributed by atoms with van der Waals surface area (Å²) in [7, 11) is 1.60. The van der Waals surface area contributed by atoms with Gasteiger partial charge in [-0.2, -0.15) is 0 Å². The van der Waals surface area contributed by atoms with E-state index in [1.807, 2.05) is 32.1 Å². The summed E-state index contributed by atoms with van der Waals surface area (Å²) in [6.45, 7) is 7.50. The molecule has 0 unspecified atom stereocenters. The first kappa shape index (κ1) is 20.7. The van der Waals surface area contributed by atoms with Gasteiger partial charge in [0.2, 0.25) is 0 Å². The topological polar surface area (TPSA) is 47.6 Å². The summed E-state index contributed by atoms with van der Waals surface area (Å²) in [5.74, 6) is 0.113. The van der Waals surface area contributed by atoms with Crippen LogP contribution in [0.3, 0.4) is 0 Å². The lowest BCUT2D eigenvalue weighted by atomic mass is 10.2. The van der Waals surface area contributed by atoms with Crippen molar-refractivity contribution in [1.29, 1.82) is 0 Å². The lowest BCUT2D eigenvalue weighted by Crippen LogP contribution is -2.27. The third-order valence-electron chi connectivity index (χ3n) is 2.81. The second-order valence-electron chi connectivity index (χ2n) is 4.53. The van der Waals surface area contributed by atoms with E-state index in [9.17, 15) is 9.18 Å². The first-order valence-electron chi connectivity index (χ1n) is 7.51. The van der Waals surface area contributed by atoms with Crippen molar-refractivity contribution in [2.45, 2.75) is 26.7 Å². The normalized spacial score (nSPS) is 13.1. The van der Waals surface area contributed by atoms with Crippen LogP contribution in [0.1, 0.15) is 26.7 Å². The van der Waals surface area contributed by atoms with Gasteiger partial charge in [0.25, 0.3) is 5.91 Å². The standard InChI is InChI=1S/C18H26FNO3/c1-5-15(12-16(19)6-2)13-23-14-18(21)20-11-9-8-10-17(7-3)22-4/h6-8,10,12-13H,2,5,9,11,14H2,1,3-4H3,(H,20,21)/b10-8-,15-13+,16-12+,17-7+.